The van der Waals surface area contributed by atoms with Crippen molar-refractivity contribution in [1.29, 1.82) is 0 Å². The van der Waals surface area contributed by atoms with Crippen LogP contribution in [0.3, 0.4) is 0 Å². The van der Waals surface area contributed by atoms with Gasteiger partial charge in [-0.1, -0.05) is 32.1 Å². The van der Waals surface area contributed by atoms with Crippen molar-refractivity contribution in [3.05, 3.63) is 24.2 Å². The highest BCUT2D eigenvalue weighted by Gasteiger charge is 2.40. The van der Waals surface area contributed by atoms with Crippen molar-refractivity contribution >= 4 is 21.5 Å². The number of amides is 1. The summed E-state index contributed by atoms with van der Waals surface area (Å²) in [6, 6.07) is 2.42. The van der Waals surface area contributed by atoms with Gasteiger partial charge >= 0.3 is 0 Å². The highest BCUT2D eigenvalue weighted by Crippen LogP contribution is 2.30. The lowest BCUT2D eigenvalue weighted by molar-refractivity contribution is -0.126. The van der Waals surface area contributed by atoms with E-state index in [4.69, 9.17) is 9.15 Å². The van der Waals surface area contributed by atoms with E-state index < -0.39 is 33.1 Å². The van der Waals surface area contributed by atoms with Gasteiger partial charge in [-0.3, -0.25) is 9.59 Å². The standard InChI is InChI=1S/C19H27NO6S/c1-13-18(16(21)11-26-13)20-19(22)17(10-14-6-3-2-4-7-14)27(23,24)12-15-8-5-9-25-15/h5,8-9,13-14,17-18H,2-4,6-7,10-12H2,1H3,(H,20,22)/t13?,17-,18+/m0/s1. The molecular formula is C19H27NO6S. The van der Waals surface area contributed by atoms with E-state index in [0.29, 0.717) is 5.76 Å². The lowest BCUT2D eigenvalue weighted by Crippen LogP contribution is -2.50. The van der Waals surface area contributed by atoms with Gasteiger partial charge in [-0.05, 0) is 31.4 Å². The number of carbonyl (C=O) groups is 2. The van der Waals surface area contributed by atoms with Crippen molar-refractivity contribution in [3.8, 4) is 0 Å². The van der Waals surface area contributed by atoms with Crippen LogP contribution in [0, 0.1) is 5.92 Å². The fourth-order valence-corrected chi connectivity index (χ4v) is 5.66. The van der Waals surface area contributed by atoms with Gasteiger partial charge in [0.15, 0.2) is 15.6 Å². The van der Waals surface area contributed by atoms with E-state index in [1.54, 1.807) is 19.1 Å². The first kappa shape index (κ1) is 20.1. The summed E-state index contributed by atoms with van der Waals surface area (Å²) in [6.45, 7) is 1.64. The molecule has 8 heteroatoms. The number of sulfone groups is 1. The van der Waals surface area contributed by atoms with Crippen LogP contribution < -0.4 is 5.32 Å². The van der Waals surface area contributed by atoms with E-state index in [-0.39, 0.29) is 30.5 Å². The van der Waals surface area contributed by atoms with Crippen LogP contribution in [-0.4, -0.2) is 44.1 Å². The average Bonchev–Trinajstić information content (AvgIpc) is 3.25. The first-order chi connectivity index (χ1) is 12.9. The Kier molecular flexibility index (Phi) is 6.37. The first-order valence-corrected chi connectivity index (χ1v) is 11.3. The summed E-state index contributed by atoms with van der Waals surface area (Å²) in [4.78, 5) is 24.8. The van der Waals surface area contributed by atoms with Crippen molar-refractivity contribution in [1.82, 2.24) is 5.32 Å². The van der Waals surface area contributed by atoms with E-state index in [2.05, 4.69) is 5.32 Å². The molecule has 1 unspecified atom stereocenters. The second-order valence-corrected chi connectivity index (χ2v) is 9.77. The molecule has 1 aromatic heterocycles. The Balaban J connectivity index is 1.77. The molecule has 1 N–H and O–H groups in total. The highest BCUT2D eigenvalue weighted by atomic mass is 32.2. The molecule has 1 saturated heterocycles. The second-order valence-electron chi connectivity index (χ2n) is 7.58. The molecule has 0 radical (unpaired) electrons. The predicted octanol–water partition coefficient (Wildman–Crippen LogP) is 2.01. The largest absolute Gasteiger partial charge is 0.468 e. The Morgan fingerprint density at radius 2 is 2.04 bits per heavy atom. The summed E-state index contributed by atoms with van der Waals surface area (Å²) in [5.74, 6) is -0.646. The zero-order valence-electron chi connectivity index (χ0n) is 15.6. The molecule has 1 amide bonds. The molecule has 3 rings (SSSR count). The molecule has 1 aliphatic heterocycles. The van der Waals surface area contributed by atoms with E-state index in [9.17, 15) is 18.0 Å². The van der Waals surface area contributed by atoms with E-state index in [1.165, 1.54) is 6.26 Å². The van der Waals surface area contributed by atoms with Crippen LogP contribution in [0.15, 0.2) is 22.8 Å². The lowest BCUT2D eigenvalue weighted by atomic mass is 9.86. The Morgan fingerprint density at radius 3 is 2.63 bits per heavy atom. The smallest absolute Gasteiger partial charge is 0.239 e. The number of rotatable bonds is 7. The topological polar surface area (TPSA) is 103 Å². The molecule has 2 fully saturated rings. The van der Waals surface area contributed by atoms with Gasteiger partial charge in [0.1, 0.15) is 29.4 Å². The highest BCUT2D eigenvalue weighted by molar-refractivity contribution is 7.92. The van der Waals surface area contributed by atoms with Gasteiger partial charge in [-0.2, -0.15) is 0 Å². The number of furan rings is 1. The Bertz CT molecular complexity index is 751. The van der Waals surface area contributed by atoms with Gasteiger partial charge in [0.2, 0.25) is 5.91 Å². The molecule has 0 bridgehead atoms. The summed E-state index contributed by atoms with van der Waals surface area (Å²) in [6.07, 6.45) is 6.38. The number of carbonyl (C=O) groups excluding carboxylic acids is 2. The fourth-order valence-electron chi connectivity index (χ4n) is 3.94. The SMILES string of the molecule is CC1OCC(=O)[C@@H]1NC(=O)[C@H](CC1CCCCC1)S(=O)(=O)Cc1ccco1. The van der Waals surface area contributed by atoms with E-state index >= 15 is 0 Å². The summed E-state index contributed by atoms with van der Waals surface area (Å²) < 4.78 is 36.4. The maximum absolute atomic E-state index is 13.0. The average molecular weight is 397 g/mol. The zero-order chi connectivity index (χ0) is 19.4. The van der Waals surface area contributed by atoms with Crippen molar-refractivity contribution < 1.29 is 27.2 Å². The molecule has 0 spiro atoms. The molecule has 1 saturated carbocycles. The van der Waals surface area contributed by atoms with Gasteiger partial charge in [-0.25, -0.2) is 8.42 Å². The minimum atomic E-state index is -3.78. The van der Waals surface area contributed by atoms with Gasteiger partial charge in [0.05, 0.1) is 12.4 Å². The van der Waals surface area contributed by atoms with Crippen LogP contribution in [0.25, 0.3) is 0 Å². The number of nitrogens with one attached hydrogen (secondary N) is 1. The van der Waals surface area contributed by atoms with Crippen LogP contribution in [0.5, 0.6) is 0 Å². The second kappa shape index (κ2) is 8.56. The quantitative estimate of drug-likeness (QED) is 0.755. The normalized spacial score (nSPS) is 25.4. The minimum Gasteiger partial charge on any atom is -0.468 e. The van der Waals surface area contributed by atoms with E-state index in [0.717, 1.165) is 32.1 Å². The summed E-state index contributed by atoms with van der Waals surface area (Å²) in [7, 11) is -3.78. The number of ether oxygens (including phenoxy) is 1. The third-order valence-electron chi connectivity index (χ3n) is 5.52. The summed E-state index contributed by atoms with van der Waals surface area (Å²) in [5, 5.41) is 1.44. The van der Waals surface area contributed by atoms with Gasteiger partial charge in [-0.15, -0.1) is 0 Å². The first-order valence-electron chi connectivity index (χ1n) is 9.55. The van der Waals surface area contributed by atoms with Gasteiger partial charge in [0, 0.05) is 0 Å². The molecule has 7 nitrogen and oxygen atoms in total. The van der Waals surface area contributed by atoms with Crippen LogP contribution in [0.4, 0.5) is 0 Å². The molecule has 0 aromatic carbocycles. The lowest BCUT2D eigenvalue weighted by Gasteiger charge is -2.27. The van der Waals surface area contributed by atoms with Crippen molar-refractivity contribution in [2.75, 3.05) is 6.61 Å². The number of hydrogen-bond acceptors (Lipinski definition) is 6. The maximum atomic E-state index is 13.0. The van der Waals surface area contributed by atoms with Crippen molar-refractivity contribution in [3.63, 3.8) is 0 Å². The van der Waals surface area contributed by atoms with Crippen LogP contribution >= 0.6 is 0 Å². The molecule has 27 heavy (non-hydrogen) atoms. The zero-order valence-corrected chi connectivity index (χ0v) is 16.4. The van der Waals surface area contributed by atoms with Crippen LogP contribution in [0.1, 0.15) is 51.2 Å². The minimum absolute atomic E-state index is 0.0570. The van der Waals surface area contributed by atoms with Gasteiger partial charge < -0.3 is 14.5 Å². The summed E-state index contributed by atoms with van der Waals surface area (Å²) in [5.41, 5.74) is 0. The molecule has 150 valence electrons. The Labute approximate surface area is 159 Å². The van der Waals surface area contributed by atoms with Crippen molar-refractivity contribution in [2.24, 2.45) is 5.92 Å². The molecular weight excluding hydrogens is 370 g/mol. The van der Waals surface area contributed by atoms with Crippen LogP contribution in [0.2, 0.25) is 0 Å². The maximum Gasteiger partial charge on any atom is 0.239 e. The fraction of sp³-hybridized carbons (Fsp3) is 0.684. The monoisotopic (exact) mass is 397 g/mol. The number of hydrogen-bond donors (Lipinski definition) is 1. The van der Waals surface area contributed by atoms with E-state index in [1.807, 2.05) is 0 Å². The molecule has 2 aliphatic rings. The third-order valence-corrected chi connectivity index (χ3v) is 7.48. The molecule has 3 atom stereocenters. The Hall–Kier alpha value is -1.67. The number of Topliss-reactive ketones (excluding diaryl/α,β-unsaturated/α-hetero) is 1. The molecule has 1 aromatic rings. The molecule has 1 aliphatic carbocycles. The van der Waals surface area contributed by atoms with Gasteiger partial charge in [0.25, 0.3) is 0 Å². The van der Waals surface area contributed by atoms with Crippen molar-refractivity contribution in [2.45, 2.75) is 68.6 Å². The third kappa shape index (κ3) is 4.99. The predicted molar refractivity (Wildman–Crippen MR) is 98.7 cm³/mol. The summed E-state index contributed by atoms with van der Waals surface area (Å²) >= 11 is 0. The molecule has 2 heterocycles. The van der Waals surface area contributed by atoms with Crippen LogP contribution in [-0.2, 0) is 29.9 Å². The number of ketones is 1. The Morgan fingerprint density at radius 1 is 1.30 bits per heavy atom.